The van der Waals surface area contributed by atoms with Gasteiger partial charge in [-0.3, -0.25) is 14.4 Å². The molecule has 0 bridgehead atoms. The summed E-state index contributed by atoms with van der Waals surface area (Å²) >= 11 is 5.87. The van der Waals surface area contributed by atoms with Gasteiger partial charge >= 0.3 is 0 Å². The van der Waals surface area contributed by atoms with Gasteiger partial charge in [0.2, 0.25) is 5.91 Å². The van der Waals surface area contributed by atoms with E-state index < -0.39 is 0 Å². The Balaban J connectivity index is 1.60. The molecule has 0 unspecified atom stereocenters. The average Bonchev–Trinajstić information content (AvgIpc) is 3.21. The highest BCUT2D eigenvalue weighted by atomic mass is 35.5. The standard InChI is InChI=1S/C22H23ClN2O3/c23-16-11-9-15(10-12-16)21(27)18-7-3-4-8-19(18)22(28)24-14-13-20(26)25-17-5-1-2-6-17/h3-4,7-12,17H,1-2,5-6,13-14H2,(H,24,28)(H,25,26). The lowest BCUT2D eigenvalue weighted by Crippen LogP contribution is -2.35. The molecule has 28 heavy (non-hydrogen) atoms. The number of carbonyl (C=O) groups excluding carboxylic acids is 3. The first-order chi connectivity index (χ1) is 13.5. The molecular weight excluding hydrogens is 376 g/mol. The minimum atomic E-state index is -0.369. The first kappa shape index (κ1) is 20.1. The maximum Gasteiger partial charge on any atom is 0.252 e. The third-order valence-corrected chi connectivity index (χ3v) is 5.13. The Morgan fingerprint density at radius 3 is 2.25 bits per heavy atom. The number of carbonyl (C=O) groups is 3. The number of amides is 2. The molecule has 5 nitrogen and oxygen atoms in total. The zero-order valence-corrected chi connectivity index (χ0v) is 16.3. The molecule has 0 aromatic heterocycles. The quantitative estimate of drug-likeness (QED) is 0.697. The third-order valence-electron chi connectivity index (χ3n) is 4.88. The van der Waals surface area contributed by atoms with Crippen LogP contribution in [0.25, 0.3) is 0 Å². The maximum atomic E-state index is 12.8. The lowest BCUT2D eigenvalue weighted by Gasteiger charge is -2.13. The van der Waals surface area contributed by atoms with Gasteiger partial charge in [-0.25, -0.2) is 0 Å². The van der Waals surface area contributed by atoms with Crippen LogP contribution in [0.4, 0.5) is 0 Å². The number of hydrogen-bond donors (Lipinski definition) is 2. The van der Waals surface area contributed by atoms with Crippen LogP contribution >= 0.6 is 11.6 Å². The zero-order valence-electron chi connectivity index (χ0n) is 15.5. The van der Waals surface area contributed by atoms with Gasteiger partial charge in [0.1, 0.15) is 0 Å². The van der Waals surface area contributed by atoms with Crippen molar-refractivity contribution in [3.8, 4) is 0 Å². The average molecular weight is 399 g/mol. The molecule has 0 aliphatic heterocycles. The first-order valence-electron chi connectivity index (χ1n) is 9.51. The van der Waals surface area contributed by atoms with Crippen LogP contribution in [-0.4, -0.2) is 30.2 Å². The van der Waals surface area contributed by atoms with E-state index in [1.807, 2.05) is 0 Å². The SMILES string of the molecule is O=C(CCNC(=O)c1ccccc1C(=O)c1ccc(Cl)cc1)NC1CCCC1. The number of benzene rings is 2. The normalized spacial score (nSPS) is 13.9. The number of ketones is 1. The molecule has 2 aromatic carbocycles. The minimum Gasteiger partial charge on any atom is -0.353 e. The Hall–Kier alpha value is -2.66. The van der Waals surface area contributed by atoms with E-state index in [0.29, 0.717) is 21.7 Å². The lowest BCUT2D eigenvalue weighted by molar-refractivity contribution is -0.121. The second kappa shape index (κ2) is 9.51. The van der Waals surface area contributed by atoms with Crippen molar-refractivity contribution >= 4 is 29.2 Å². The largest absolute Gasteiger partial charge is 0.353 e. The van der Waals surface area contributed by atoms with E-state index in [4.69, 9.17) is 11.6 Å². The molecule has 0 saturated heterocycles. The summed E-state index contributed by atoms with van der Waals surface area (Å²) in [5.74, 6) is -0.675. The zero-order chi connectivity index (χ0) is 19.9. The Morgan fingerprint density at radius 2 is 1.57 bits per heavy atom. The molecule has 3 rings (SSSR count). The summed E-state index contributed by atoms with van der Waals surface area (Å²) in [6.07, 6.45) is 4.58. The van der Waals surface area contributed by atoms with Gasteiger partial charge in [0.15, 0.2) is 5.78 Å². The van der Waals surface area contributed by atoms with E-state index >= 15 is 0 Å². The van der Waals surface area contributed by atoms with E-state index in [9.17, 15) is 14.4 Å². The van der Waals surface area contributed by atoms with Crippen molar-refractivity contribution in [2.75, 3.05) is 6.54 Å². The highest BCUT2D eigenvalue weighted by Gasteiger charge is 2.19. The molecule has 146 valence electrons. The highest BCUT2D eigenvalue weighted by molar-refractivity contribution is 6.30. The lowest BCUT2D eigenvalue weighted by atomic mass is 9.98. The molecule has 1 fully saturated rings. The predicted octanol–water partition coefficient (Wildman–Crippen LogP) is 3.75. The monoisotopic (exact) mass is 398 g/mol. The van der Waals surface area contributed by atoms with Crippen LogP contribution in [0.5, 0.6) is 0 Å². The van der Waals surface area contributed by atoms with Crippen molar-refractivity contribution in [1.82, 2.24) is 10.6 Å². The Labute approximate surface area is 169 Å². The van der Waals surface area contributed by atoms with E-state index in [0.717, 1.165) is 25.7 Å². The smallest absolute Gasteiger partial charge is 0.252 e. The summed E-state index contributed by atoms with van der Waals surface area (Å²) in [5.41, 5.74) is 1.07. The number of nitrogens with one attached hydrogen (secondary N) is 2. The van der Waals surface area contributed by atoms with Crippen molar-refractivity contribution < 1.29 is 14.4 Å². The summed E-state index contributed by atoms with van der Waals surface area (Å²) in [5, 5.41) is 6.27. The molecule has 2 amide bonds. The van der Waals surface area contributed by atoms with Crippen molar-refractivity contribution in [1.29, 1.82) is 0 Å². The van der Waals surface area contributed by atoms with Crippen LogP contribution in [0, 0.1) is 0 Å². The van der Waals surface area contributed by atoms with Crippen LogP contribution < -0.4 is 10.6 Å². The van der Waals surface area contributed by atoms with Gasteiger partial charge in [0.05, 0.1) is 5.56 Å². The number of rotatable bonds is 7. The van der Waals surface area contributed by atoms with E-state index in [2.05, 4.69) is 10.6 Å². The molecule has 1 saturated carbocycles. The van der Waals surface area contributed by atoms with Crippen molar-refractivity contribution in [2.45, 2.75) is 38.1 Å². The summed E-state index contributed by atoms with van der Waals surface area (Å²) in [4.78, 5) is 37.3. The second-order valence-corrected chi connectivity index (χ2v) is 7.37. The molecule has 6 heteroatoms. The first-order valence-corrected chi connectivity index (χ1v) is 9.89. The van der Waals surface area contributed by atoms with E-state index in [-0.39, 0.29) is 36.6 Å². The maximum absolute atomic E-state index is 12.8. The van der Waals surface area contributed by atoms with E-state index in [1.54, 1.807) is 48.5 Å². The van der Waals surface area contributed by atoms with Gasteiger partial charge in [0.25, 0.3) is 5.91 Å². The van der Waals surface area contributed by atoms with Crippen LogP contribution in [0.2, 0.25) is 5.02 Å². The fourth-order valence-corrected chi connectivity index (χ4v) is 3.52. The van der Waals surface area contributed by atoms with Gasteiger partial charge in [-0.05, 0) is 43.2 Å². The summed E-state index contributed by atoms with van der Waals surface area (Å²) in [6, 6.07) is 13.5. The van der Waals surface area contributed by atoms with Gasteiger partial charge < -0.3 is 10.6 Å². The Morgan fingerprint density at radius 1 is 0.929 bits per heavy atom. The summed E-state index contributed by atoms with van der Waals surface area (Å²) in [7, 11) is 0. The van der Waals surface area contributed by atoms with Crippen molar-refractivity contribution in [3.05, 3.63) is 70.2 Å². The Kier molecular flexibility index (Phi) is 6.82. The number of hydrogen-bond acceptors (Lipinski definition) is 3. The molecule has 2 N–H and O–H groups in total. The van der Waals surface area contributed by atoms with Crippen LogP contribution in [0.3, 0.4) is 0 Å². The predicted molar refractivity (Wildman–Crippen MR) is 109 cm³/mol. The summed E-state index contributed by atoms with van der Waals surface area (Å²) < 4.78 is 0. The fraction of sp³-hybridized carbons (Fsp3) is 0.318. The van der Waals surface area contributed by atoms with E-state index in [1.165, 1.54) is 0 Å². The molecular formula is C22H23ClN2O3. The van der Waals surface area contributed by atoms with Gasteiger partial charge in [0, 0.05) is 35.2 Å². The summed E-state index contributed by atoms with van der Waals surface area (Å²) in [6.45, 7) is 0.223. The topological polar surface area (TPSA) is 75.3 Å². The van der Waals surface area contributed by atoms with Gasteiger partial charge in [-0.2, -0.15) is 0 Å². The fourth-order valence-electron chi connectivity index (χ4n) is 3.39. The molecule has 0 spiro atoms. The number of halogens is 1. The van der Waals surface area contributed by atoms with Crippen LogP contribution in [-0.2, 0) is 4.79 Å². The second-order valence-electron chi connectivity index (χ2n) is 6.94. The van der Waals surface area contributed by atoms with Gasteiger partial charge in [-0.1, -0.05) is 42.6 Å². The van der Waals surface area contributed by atoms with Crippen molar-refractivity contribution in [3.63, 3.8) is 0 Å². The van der Waals surface area contributed by atoms with Crippen molar-refractivity contribution in [2.24, 2.45) is 0 Å². The molecule has 2 aromatic rings. The minimum absolute atomic E-state index is 0.0577. The Bertz CT molecular complexity index is 858. The van der Waals surface area contributed by atoms with Crippen LogP contribution in [0.1, 0.15) is 58.4 Å². The molecule has 1 aliphatic carbocycles. The molecule has 1 aliphatic rings. The third kappa shape index (κ3) is 5.20. The highest BCUT2D eigenvalue weighted by Crippen LogP contribution is 2.18. The molecule has 0 atom stereocenters. The molecule has 0 radical (unpaired) electrons. The molecule has 0 heterocycles. The van der Waals surface area contributed by atoms with Crippen LogP contribution in [0.15, 0.2) is 48.5 Å². The van der Waals surface area contributed by atoms with Gasteiger partial charge in [-0.15, -0.1) is 0 Å².